The summed E-state index contributed by atoms with van der Waals surface area (Å²) in [6, 6.07) is 14.2. The zero-order chi connectivity index (χ0) is 17.4. The molecule has 0 unspecified atom stereocenters. The predicted octanol–water partition coefficient (Wildman–Crippen LogP) is 4.64. The number of rotatable bonds is 4. The molecule has 1 fully saturated rings. The molecule has 0 radical (unpaired) electrons. The summed E-state index contributed by atoms with van der Waals surface area (Å²) in [6.45, 7) is 5.14. The number of carbonyl (C=O) groups is 1. The van der Waals surface area contributed by atoms with Gasteiger partial charge in [0.2, 0.25) is 5.91 Å². The van der Waals surface area contributed by atoms with Gasteiger partial charge in [-0.1, -0.05) is 13.0 Å². The van der Waals surface area contributed by atoms with Crippen molar-refractivity contribution in [3.63, 3.8) is 0 Å². The Labute approximate surface area is 150 Å². The van der Waals surface area contributed by atoms with Gasteiger partial charge in [0.1, 0.15) is 5.01 Å². The summed E-state index contributed by atoms with van der Waals surface area (Å²) in [5.41, 5.74) is 3.78. The fraction of sp³-hybridized carbons (Fsp3) is 0.300. The molecule has 1 aliphatic heterocycles. The van der Waals surface area contributed by atoms with Gasteiger partial charge < -0.3 is 10.1 Å². The van der Waals surface area contributed by atoms with Gasteiger partial charge in [0.05, 0.1) is 28.8 Å². The largest absolute Gasteiger partial charge is 0.379 e. The summed E-state index contributed by atoms with van der Waals surface area (Å²) < 4.78 is 6.43. The maximum absolute atomic E-state index is 12.5. The lowest BCUT2D eigenvalue weighted by Gasteiger charge is -2.38. The first-order valence-corrected chi connectivity index (χ1v) is 9.28. The Kier molecular flexibility index (Phi) is 4.06. The van der Waals surface area contributed by atoms with Crippen molar-refractivity contribution in [3.05, 3.63) is 48.0 Å². The zero-order valence-electron chi connectivity index (χ0n) is 14.3. The monoisotopic (exact) mass is 352 g/mol. The van der Waals surface area contributed by atoms with Crippen molar-refractivity contribution in [3.8, 4) is 10.6 Å². The van der Waals surface area contributed by atoms with E-state index in [0.717, 1.165) is 28.2 Å². The Morgan fingerprint density at radius 1 is 1.24 bits per heavy atom. The van der Waals surface area contributed by atoms with Gasteiger partial charge in [0, 0.05) is 11.3 Å². The summed E-state index contributed by atoms with van der Waals surface area (Å²) in [7, 11) is 0. The van der Waals surface area contributed by atoms with E-state index in [0.29, 0.717) is 13.2 Å². The SMILES string of the molecule is CCC1(C(=O)Nc2ccc(-c3nc4ccc(C)cc4s3)cc2)COC1. The smallest absolute Gasteiger partial charge is 0.235 e. The lowest BCUT2D eigenvalue weighted by molar-refractivity contribution is -0.156. The molecule has 0 aliphatic carbocycles. The molecule has 1 saturated heterocycles. The van der Waals surface area contributed by atoms with Crippen LogP contribution < -0.4 is 5.32 Å². The minimum atomic E-state index is -0.358. The van der Waals surface area contributed by atoms with E-state index in [1.165, 1.54) is 10.3 Å². The third kappa shape index (κ3) is 2.94. The Hall–Kier alpha value is -2.24. The Morgan fingerprint density at radius 3 is 2.64 bits per heavy atom. The Bertz CT molecular complexity index is 921. The highest BCUT2D eigenvalue weighted by atomic mass is 32.1. The van der Waals surface area contributed by atoms with Gasteiger partial charge in [-0.3, -0.25) is 4.79 Å². The molecule has 0 saturated carbocycles. The van der Waals surface area contributed by atoms with Crippen molar-refractivity contribution in [1.29, 1.82) is 0 Å². The number of aromatic nitrogens is 1. The summed E-state index contributed by atoms with van der Waals surface area (Å²) in [5.74, 6) is 0.0458. The molecule has 2 heterocycles. The molecule has 1 N–H and O–H groups in total. The van der Waals surface area contributed by atoms with Crippen LogP contribution in [0.15, 0.2) is 42.5 Å². The number of aryl methyl sites for hydroxylation is 1. The number of nitrogens with zero attached hydrogens (tertiary/aromatic N) is 1. The van der Waals surface area contributed by atoms with Crippen LogP contribution in [0.2, 0.25) is 0 Å². The number of ether oxygens (including phenoxy) is 1. The minimum absolute atomic E-state index is 0.0458. The van der Waals surface area contributed by atoms with Gasteiger partial charge in [-0.2, -0.15) is 0 Å². The van der Waals surface area contributed by atoms with Crippen LogP contribution >= 0.6 is 11.3 Å². The van der Waals surface area contributed by atoms with Crippen LogP contribution in [-0.4, -0.2) is 24.1 Å². The van der Waals surface area contributed by atoms with Gasteiger partial charge in [0.15, 0.2) is 0 Å². The van der Waals surface area contributed by atoms with Gasteiger partial charge in [-0.25, -0.2) is 4.98 Å². The highest BCUT2D eigenvalue weighted by Gasteiger charge is 2.44. The van der Waals surface area contributed by atoms with E-state index in [9.17, 15) is 4.79 Å². The van der Waals surface area contributed by atoms with Gasteiger partial charge in [-0.15, -0.1) is 11.3 Å². The molecule has 0 bridgehead atoms. The second-order valence-corrected chi connectivity index (χ2v) is 7.68. The third-order valence-electron chi connectivity index (χ3n) is 4.85. The molecule has 2 aromatic carbocycles. The second-order valence-electron chi connectivity index (χ2n) is 6.65. The van der Waals surface area contributed by atoms with Crippen LogP contribution in [0.25, 0.3) is 20.8 Å². The van der Waals surface area contributed by atoms with E-state index in [-0.39, 0.29) is 11.3 Å². The van der Waals surface area contributed by atoms with Crippen molar-refractivity contribution in [1.82, 2.24) is 4.98 Å². The predicted molar refractivity (Wildman–Crippen MR) is 102 cm³/mol. The maximum Gasteiger partial charge on any atom is 0.235 e. The van der Waals surface area contributed by atoms with Gasteiger partial charge >= 0.3 is 0 Å². The number of carbonyl (C=O) groups excluding carboxylic acids is 1. The van der Waals surface area contributed by atoms with Crippen molar-refractivity contribution < 1.29 is 9.53 Å². The van der Waals surface area contributed by atoms with E-state index in [2.05, 4.69) is 30.4 Å². The van der Waals surface area contributed by atoms with Crippen molar-refractivity contribution in [2.45, 2.75) is 20.3 Å². The molecule has 1 aliphatic rings. The van der Waals surface area contributed by atoms with Gasteiger partial charge in [0.25, 0.3) is 0 Å². The van der Waals surface area contributed by atoms with Gasteiger partial charge in [-0.05, 0) is 55.3 Å². The zero-order valence-corrected chi connectivity index (χ0v) is 15.2. The topological polar surface area (TPSA) is 51.2 Å². The molecule has 1 aromatic heterocycles. The number of nitrogens with one attached hydrogen (secondary N) is 1. The fourth-order valence-corrected chi connectivity index (χ4v) is 4.03. The molecule has 3 aromatic rings. The van der Waals surface area contributed by atoms with E-state index < -0.39 is 0 Å². The lowest BCUT2D eigenvalue weighted by atomic mass is 9.82. The van der Waals surface area contributed by atoms with Crippen LogP contribution in [0, 0.1) is 12.3 Å². The quantitative estimate of drug-likeness (QED) is 0.744. The third-order valence-corrected chi connectivity index (χ3v) is 5.92. The lowest BCUT2D eigenvalue weighted by Crippen LogP contribution is -2.51. The van der Waals surface area contributed by atoms with Crippen molar-refractivity contribution in [2.24, 2.45) is 5.41 Å². The molecule has 0 spiro atoms. The number of hydrogen-bond donors (Lipinski definition) is 1. The first-order chi connectivity index (χ1) is 12.1. The Morgan fingerprint density at radius 2 is 2.00 bits per heavy atom. The normalized spacial score (nSPS) is 15.8. The van der Waals surface area contributed by atoms with Crippen LogP contribution in [-0.2, 0) is 9.53 Å². The highest BCUT2D eigenvalue weighted by Crippen LogP contribution is 2.34. The Balaban J connectivity index is 1.54. The number of fused-ring (bicyclic) bond motifs is 1. The summed E-state index contributed by atoms with van der Waals surface area (Å²) >= 11 is 1.69. The highest BCUT2D eigenvalue weighted by molar-refractivity contribution is 7.21. The standard InChI is InChI=1S/C20H20N2O2S/c1-3-20(11-24-12-20)19(23)21-15-7-5-14(6-8-15)18-22-16-9-4-13(2)10-17(16)25-18/h4-10H,3,11-12H2,1-2H3,(H,21,23). The van der Waals surface area contributed by atoms with Crippen molar-refractivity contribution in [2.75, 3.05) is 18.5 Å². The summed E-state index contributed by atoms with van der Waals surface area (Å²) in [4.78, 5) is 17.2. The molecular formula is C20H20N2O2S. The van der Waals surface area contributed by atoms with E-state index in [1.807, 2.05) is 31.2 Å². The number of amides is 1. The second kappa shape index (κ2) is 6.24. The van der Waals surface area contributed by atoms with E-state index in [1.54, 1.807) is 11.3 Å². The molecular weight excluding hydrogens is 332 g/mol. The van der Waals surface area contributed by atoms with Crippen molar-refractivity contribution >= 4 is 33.1 Å². The number of thiazole rings is 1. The summed E-state index contributed by atoms with van der Waals surface area (Å²) in [6.07, 6.45) is 0.794. The molecule has 25 heavy (non-hydrogen) atoms. The van der Waals surface area contributed by atoms with Crippen LogP contribution in [0.3, 0.4) is 0 Å². The number of hydrogen-bond acceptors (Lipinski definition) is 4. The van der Waals surface area contributed by atoms with Crippen LogP contribution in [0.5, 0.6) is 0 Å². The van der Waals surface area contributed by atoms with Crippen LogP contribution in [0.4, 0.5) is 5.69 Å². The molecule has 5 heteroatoms. The summed E-state index contributed by atoms with van der Waals surface area (Å²) in [5, 5.41) is 4.01. The van der Waals surface area contributed by atoms with E-state index >= 15 is 0 Å². The first-order valence-electron chi connectivity index (χ1n) is 8.46. The molecule has 0 atom stereocenters. The average molecular weight is 352 g/mol. The fourth-order valence-electron chi connectivity index (χ4n) is 2.96. The average Bonchev–Trinajstić information content (AvgIpc) is 2.98. The van der Waals surface area contributed by atoms with E-state index in [4.69, 9.17) is 9.72 Å². The minimum Gasteiger partial charge on any atom is -0.379 e. The van der Waals surface area contributed by atoms with Crippen LogP contribution in [0.1, 0.15) is 18.9 Å². The molecule has 128 valence electrons. The maximum atomic E-state index is 12.5. The number of benzene rings is 2. The molecule has 4 rings (SSSR count). The first kappa shape index (κ1) is 16.2. The molecule has 4 nitrogen and oxygen atoms in total. The molecule has 1 amide bonds. The number of anilines is 1.